The van der Waals surface area contributed by atoms with Gasteiger partial charge in [-0.2, -0.15) is 9.49 Å². The molecule has 1 aromatic heterocycles. The van der Waals surface area contributed by atoms with E-state index in [1.807, 2.05) is 0 Å². The molecule has 1 heterocycles. The van der Waals surface area contributed by atoms with Crippen LogP contribution >= 0.6 is 0 Å². The summed E-state index contributed by atoms with van der Waals surface area (Å²) in [4.78, 5) is 0. The van der Waals surface area contributed by atoms with Gasteiger partial charge in [-0.05, 0) is 0 Å². The van der Waals surface area contributed by atoms with Gasteiger partial charge in [0.2, 0.25) is 5.95 Å². The summed E-state index contributed by atoms with van der Waals surface area (Å²) in [5.74, 6) is -1.86. The van der Waals surface area contributed by atoms with E-state index in [4.69, 9.17) is 0 Å². The molecule has 0 aliphatic carbocycles. The van der Waals surface area contributed by atoms with E-state index in [2.05, 4.69) is 10.2 Å². The summed E-state index contributed by atoms with van der Waals surface area (Å²) < 4.78 is 23.5. The zero-order valence-electron chi connectivity index (χ0n) is 3.73. The minimum Gasteiger partial charge on any atom is -0.204 e. The molecule has 2 nitrogen and oxygen atoms in total. The van der Waals surface area contributed by atoms with Gasteiger partial charge in [-0.15, -0.1) is 5.10 Å². The van der Waals surface area contributed by atoms with Crippen LogP contribution in [0.4, 0.5) is 8.78 Å². The first-order valence-electron chi connectivity index (χ1n) is 1.85. The van der Waals surface area contributed by atoms with Crippen LogP contribution in [0.15, 0.2) is 6.20 Å². The van der Waals surface area contributed by atoms with Crippen LogP contribution in [0.25, 0.3) is 0 Å². The standard InChI is InChI=1S/C4HF2N2/c5-3-1-4(6)8-7-2-3/h2H. The summed E-state index contributed by atoms with van der Waals surface area (Å²) in [6, 6.07) is 1.66. The fourth-order valence-corrected chi connectivity index (χ4v) is 0.286. The second-order valence-electron chi connectivity index (χ2n) is 1.11. The van der Waals surface area contributed by atoms with Gasteiger partial charge in [0.15, 0.2) is 5.82 Å². The van der Waals surface area contributed by atoms with E-state index >= 15 is 0 Å². The fraction of sp³-hybridized carbons (Fsp3) is 0. The van der Waals surface area contributed by atoms with Crippen molar-refractivity contribution in [3.63, 3.8) is 0 Å². The molecule has 0 fully saturated rings. The number of hydrogen-bond donors (Lipinski definition) is 0. The van der Waals surface area contributed by atoms with Crippen molar-refractivity contribution in [2.45, 2.75) is 0 Å². The lowest BCUT2D eigenvalue weighted by molar-refractivity contribution is 0.525. The van der Waals surface area contributed by atoms with Crippen LogP contribution in [0, 0.1) is 17.8 Å². The molecule has 0 saturated heterocycles. The van der Waals surface area contributed by atoms with Gasteiger partial charge in [0.1, 0.15) is 0 Å². The van der Waals surface area contributed by atoms with Gasteiger partial charge in [0, 0.05) is 0 Å². The van der Waals surface area contributed by atoms with Crippen LogP contribution in [0.2, 0.25) is 0 Å². The zero-order chi connectivity index (χ0) is 5.98. The smallest absolute Gasteiger partial charge is 0.204 e. The van der Waals surface area contributed by atoms with Crippen molar-refractivity contribution in [2.75, 3.05) is 0 Å². The Kier molecular flexibility index (Phi) is 1.15. The van der Waals surface area contributed by atoms with Gasteiger partial charge in [0.05, 0.1) is 12.3 Å². The van der Waals surface area contributed by atoms with Crippen molar-refractivity contribution in [1.82, 2.24) is 10.2 Å². The Morgan fingerprint density at radius 1 is 1.50 bits per heavy atom. The van der Waals surface area contributed by atoms with Crippen molar-refractivity contribution in [3.05, 3.63) is 24.0 Å². The van der Waals surface area contributed by atoms with Crippen LogP contribution < -0.4 is 0 Å². The van der Waals surface area contributed by atoms with E-state index in [1.54, 1.807) is 6.07 Å². The molecule has 0 aromatic carbocycles. The van der Waals surface area contributed by atoms with E-state index in [-0.39, 0.29) is 0 Å². The van der Waals surface area contributed by atoms with E-state index in [9.17, 15) is 8.78 Å². The Balaban J connectivity index is 3.08. The number of rotatable bonds is 0. The highest BCUT2D eigenvalue weighted by Crippen LogP contribution is 1.91. The average Bonchev–Trinajstić information content (AvgIpc) is 1.64. The molecule has 4 heteroatoms. The van der Waals surface area contributed by atoms with Crippen molar-refractivity contribution >= 4 is 0 Å². The summed E-state index contributed by atoms with van der Waals surface area (Å²) >= 11 is 0. The quantitative estimate of drug-likeness (QED) is 0.493. The van der Waals surface area contributed by atoms with Crippen molar-refractivity contribution < 1.29 is 8.78 Å². The van der Waals surface area contributed by atoms with Gasteiger partial charge < -0.3 is 0 Å². The first-order valence-corrected chi connectivity index (χ1v) is 1.85. The Morgan fingerprint density at radius 2 is 2.25 bits per heavy atom. The summed E-state index contributed by atoms with van der Waals surface area (Å²) in [6.07, 6.45) is 0.781. The normalized spacial score (nSPS) is 9.25. The van der Waals surface area contributed by atoms with Crippen molar-refractivity contribution in [3.8, 4) is 0 Å². The number of hydrogen-bond acceptors (Lipinski definition) is 2. The zero-order valence-corrected chi connectivity index (χ0v) is 3.73. The highest BCUT2D eigenvalue weighted by atomic mass is 19.1. The lowest BCUT2D eigenvalue weighted by Crippen LogP contribution is -1.87. The third-order valence-electron chi connectivity index (χ3n) is 0.539. The van der Waals surface area contributed by atoms with Crippen molar-refractivity contribution in [1.29, 1.82) is 0 Å². The molecular formula is C4HF2N2. The molecule has 1 radical (unpaired) electrons. The van der Waals surface area contributed by atoms with E-state index in [0.29, 0.717) is 0 Å². The van der Waals surface area contributed by atoms with Crippen LogP contribution in [0.5, 0.6) is 0 Å². The summed E-state index contributed by atoms with van der Waals surface area (Å²) in [5, 5.41) is 5.78. The Bertz CT molecular complexity index is 172. The molecule has 0 amide bonds. The monoisotopic (exact) mass is 115 g/mol. The number of aromatic nitrogens is 2. The van der Waals surface area contributed by atoms with Gasteiger partial charge in [0.25, 0.3) is 0 Å². The van der Waals surface area contributed by atoms with Crippen LogP contribution in [-0.2, 0) is 0 Å². The molecular weight excluding hydrogens is 114 g/mol. The highest BCUT2D eigenvalue weighted by molar-refractivity contribution is 4.85. The van der Waals surface area contributed by atoms with Gasteiger partial charge in [-0.3, -0.25) is 0 Å². The summed E-state index contributed by atoms with van der Waals surface area (Å²) in [7, 11) is 0. The Hall–Kier alpha value is -1.06. The minimum atomic E-state index is -1.02. The molecule has 1 rings (SSSR count). The van der Waals surface area contributed by atoms with Gasteiger partial charge >= 0.3 is 0 Å². The van der Waals surface area contributed by atoms with E-state index in [1.165, 1.54) is 0 Å². The highest BCUT2D eigenvalue weighted by Gasteiger charge is 1.92. The first-order chi connectivity index (χ1) is 3.79. The molecule has 1 aromatic rings. The molecule has 41 valence electrons. The molecule has 8 heavy (non-hydrogen) atoms. The number of nitrogens with zero attached hydrogens (tertiary/aromatic N) is 2. The average molecular weight is 115 g/mol. The molecule has 0 unspecified atom stereocenters. The summed E-state index contributed by atoms with van der Waals surface area (Å²) in [6.45, 7) is 0. The van der Waals surface area contributed by atoms with Crippen molar-refractivity contribution in [2.24, 2.45) is 0 Å². The van der Waals surface area contributed by atoms with Crippen LogP contribution in [-0.4, -0.2) is 10.2 Å². The molecule has 0 N–H and O–H groups in total. The largest absolute Gasteiger partial charge is 0.244 e. The van der Waals surface area contributed by atoms with Gasteiger partial charge in [-0.1, -0.05) is 0 Å². The molecule has 0 saturated carbocycles. The predicted molar refractivity (Wildman–Crippen MR) is 20.8 cm³/mol. The van der Waals surface area contributed by atoms with E-state index in [0.717, 1.165) is 6.20 Å². The third kappa shape index (κ3) is 0.959. The molecule has 0 spiro atoms. The lowest BCUT2D eigenvalue weighted by atomic mass is 10.6. The number of halogens is 2. The topological polar surface area (TPSA) is 25.8 Å². The Labute approximate surface area is 44.2 Å². The third-order valence-corrected chi connectivity index (χ3v) is 0.539. The second-order valence-corrected chi connectivity index (χ2v) is 1.11. The molecule has 0 atom stereocenters. The van der Waals surface area contributed by atoms with Crippen LogP contribution in [0.3, 0.4) is 0 Å². The fourth-order valence-electron chi connectivity index (χ4n) is 0.286. The maximum atomic E-state index is 11.8. The second kappa shape index (κ2) is 1.81. The minimum absolute atomic E-state index is 0.781. The molecule has 0 aliphatic heterocycles. The van der Waals surface area contributed by atoms with Gasteiger partial charge in [-0.25, -0.2) is 4.39 Å². The SMILES string of the molecule is Fc1[c]c(F)nnc1. The van der Waals surface area contributed by atoms with Crippen LogP contribution in [0.1, 0.15) is 0 Å². The van der Waals surface area contributed by atoms with E-state index < -0.39 is 11.8 Å². The lowest BCUT2D eigenvalue weighted by Gasteiger charge is -1.81. The molecule has 0 bridgehead atoms. The maximum Gasteiger partial charge on any atom is 0.244 e. The molecule has 0 aliphatic rings. The predicted octanol–water partition coefficient (Wildman–Crippen LogP) is 0.555. The summed E-state index contributed by atoms with van der Waals surface area (Å²) in [5.41, 5.74) is 0. The maximum absolute atomic E-state index is 11.8. The Morgan fingerprint density at radius 3 is 2.62 bits per heavy atom. The first kappa shape index (κ1) is 5.08.